The van der Waals surface area contributed by atoms with Crippen LogP contribution in [0.4, 0.5) is 0 Å². The Balaban J connectivity index is 3.11. The zero-order chi connectivity index (χ0) is 33.4. The van der Waals surface area contributed by atoms with Gasteiger partial charge in [-0.2, -0.15) is 0 Å². The molecular formula is C35H72O11. The number of aliphatic hydroxyl groups excluding tert-OH is 1. The molecule has 1 N–H and O–H groups in total. The fourth-order valence-corrected chi connectivity index (χ4v) is 4.21. The van der Waals surface area contributed by atoms with Gasteiger partial charge in [-0.05, 0) is 18.8 Å². The van der Waals surface area contributed by atoms with Crippen molar-refractivity contribution in [3.8, 4) is 0 Å². The molecule has 0 aliphatic carbocycles. The Morgan fingerprint density at radius 1 is 0.370 bits per heavy atom. The van der Waals surface area contributed by atoms with Crippen LogP contribution in [0.5, 0.6) is 0 Å². The van der Waals surface area contributed by atoms with Crippen molar-refractivity contribution in [1.29, 1.82) is 0 Å². The first kappa shape index (κ1) is 45.6. The molecule has 0 aliphatic heterocycles. The first-order valence-corrected chi connectivity index (χ1v) is 18.2. The van der Waals surface area contributed by atoms with Gasteiger partial charge in [-0.1, -0.05) is 72.1 Å². The zero-order valence-electron chi connectivity index (χ0n) is 29.9. The largest absolute Gasteiger partial charge is 0.391 e. The van der Waals surface area contributed by atoms with Crippen LogP contribution in [0, 0.1) is 5.92 Å². The van der Waals surface area contributed by atoms with Crippen molar-refractivity contribution in [2.75, 3.05) is 132 Å². The van der Waals surface area contributed by atoms with Gasteiger partial charge in [-0.15, -0.1) is 0 Å². The predicted octanol–water partition coefficient (Wildman–Crippen LogP) is 5.09. The number of ether oxygens (including phenoxy) is 10. The number of unbranched alkanes of at least 4 members (excludes halogenated alkanes) is 7. The maximum absolute atomic E-state index is 9.37. The Morgan fingerprint density at radius 3 is 0.978 bits per heavy atom. The Bertz CT molecular complexity index is 545. The number of hydrogen-bond acceptors (Lipinski definition) is 11. The standard InChI is InChI=1S/C35H72O11/c1-4-6-7-8-9-10-11-12-13-34(3)32-45-30-28-43-26-24-41-22-20-39-18-16-37-14-15-38-17-19-40-21-23-42-25-27-44-29-31-46-33-35(36)5-2/h34-36H,4-33H2,1-3H3. The van der Waals surface area contributed by atoms with Gasteiger partial charge >= 0.3 is 0 Å². The van der Waals surface area contributed by atoms with E-state index in [1.165, 1.54) is 57.8 Å². The van der Waals surface area contributed by atoms with Crippen molar-refractivity contribution in [2.24, 2.45) is 5.92 Å². The van der Waals surface area contributed by atoms with Crippen LogP contribution >= 0.6 is 0 Å². The number of rotatable bonds is 41. The van der Waals surface area contributed by atoms with Crippen molar-refractivity contribution in [3.05, 3.63) is 0 Å². The van der Waals surface area contributed by atoms with E-state index < -0.39 is 6.10 Å². The van der Waals surface area contributed by atoms with Crippen LogP contribution < -0.4 is 0 Å². The molecule has 278 valence electrons. The van der Waals surface area contributed by atoms with Crippen molar-refractivity contribution in [3.63, 3.8) is 0 Å². The van der Waals surface area contributed by atoms with E-state index >= 15 is 0 Å². The van der Waals surface area contributed by atoms with E-state index in [0.29, 0.717) is 138 Å². The molecule has 11 nitrogen and oxygen atoms in total. The molecule has 0 aromatic rings. The van der Waals surface area contributed by atoms with E-state index in [2.05, 4.69) is 13.8 Å². The van der Waals surface area contributed by atoms with Gasteiger partial charge in [0, 0.05) is 6.61 Å². The summed E-state index contributed by atoms with van der Waals surface area (Å²) in [5.74, 6) is 0.618. The third kappa shape index (κ3) is 39.7. The molecule has 2 atom stereocenters. The molecule has 0 aliphatic rings. The predicted molar refractivity (Wildman–Crippen MR) is 181 cm³/mol. The summed E-state index contributed by atoms with van der Waals surface area (Å²) < 4.78 is 55.0. The summed E-state index contributed by atoms with van der Waals surface area (Å²) in [5, 5.41) is 9.37. The minimum Gasteiger partial charge on any atom is -0.391 e. The molecule has 11 heteroatoms. The summed E-state index contributed by atoms with van der Waals surface area (Å²) >= 11 is 0. The minimum atomic E-state index is -0.398. The Hall–Kier alpha value is -0.440. The van der Waals surface area contributed by atoms with Crippen LogP contribution in [0.3, 0.4) is 0 Å². The van der Waals surface area contributed by atoms with Crippen LogP contribution in [0.15, 0.2) is 0 Å². The Morgan fingerprint density at radius 2 is 0.652 bits per heavy atom. The second-order valence-corrected chi connectivity index (χ2v) is 11.5. The highest BCUT2D eigenvalue weighted by Gasteiger charge is 2.03. The first-order chi connectivity index (χ1) is 22.7. The molecule has 0 rings (SSSR count). The van der Waals surface area contributed by atoms with Gasteiger partial charge in [0.1, 0.15) is 0 Å². The molecule has 0 heterocycles. The van der Waals surface area contributed by atoms with Crippen molar-refractivity contribution in [1.82, 2.24) is 0 Å². The van der Waals surface area contributed by atoms with E-state index in [1.54, 1.807) is 0 Å². The molecule has 0 amide bonds. The van der Waals surface area contributed by atoms with E-state index in [9.17, 15) is 5.11 Å². The topological polar surface area (TPSA) is 113 Å². The van der Waals surface area contributed by atoms with Gasteiger partial charge in [-0.3, -0.25) is 0 Å². The lowest BCUT2D eigenvalue weighted by atomic mass is 10.0. The molecule has 0 spiro atoms. The van der Waals surface area contributed by atoms with Crippen LogP contribution in [-0.2, 0) is 47.4 Å². The maximum atomic E-state index is 9.37. The second kappa shape index (κ2) is 40.7. The zero-order valence-corrected chi connectivity index (χ0v) is 29.9. The van der Waals surface area contributed by atoms with Gasteiger partial charge in [0.2, 0.25) is 0 Å². The summed E-state index contributed by atoms with van der Waals surface area (Å²) in [6.07, 6.45) is 12.5. The fraction of sp³-hybridized carbons (Fsp3) is 1.00. The smallest absolute Gasteiger partial charge is 0.0771 e. The molecule has 2 unspecified atom stereocenters. The van der Waals surface area contributed by atoms with Crippen molar-refractivity contribution < 1.29 is 52.5 Å². The molecule has 0 aromatic heterocycles. The molecular weight excluding hydrogens is 596 g/mol. The molecule has 0 saturated heterocycles. The molecule has 0 saturated carbocycles. The highest BCUT2D eigenvalue weighted by molar-refractivity contribution is 4.53. The molecule has 0 fully saturated rings. The number of hydrogen-bond donors (Lipinski definition) is 1. The van der Waals surface area contributed by atoms with Gasteiger partial charge in [0.15, 0.2) is 0 Å². The average molecular weight is 669 g/mol. The third-order valence-electron chi connectivity index (χ3n) is 7.08. The van der Waals surface area contributed by atoms with Gasteiger partial charge in [-0.25, -0.2) is 0 Å². The molecule has 46 heavy (non-hydrogen) atoms. The van der Waals surface area contributed by atoms with E-state index in [1.807, 2.05) is 6.92 Å². The van der Waals surface area contributed by atoms with E-state index in [4.69, 9.17) is 47.4 Å². The van der Waals surface area contributed by atoms with Crippen molar-refractivity contribution in [2.45, 2.75) is 91.1 Å². The third-order valence-corrected chi connectivity index (χ3v) is 7.08. The minimum absolute atomic E-state index is 0.351. The highest BCUT2D eigenvalue weighted by Crippen LogP contribution is 2.13. The quantitative estimate of drug-likeness (QED) is 0.0880. The van der Waals surface area contributed by atoms with Gasteiger partial charge < -0.3 is 52.5 Å². The van der Waals surface area contributed by atoms with E-state index in [-0.39, 0.29) is 0 Å². The summed E-state index contributed by atoms with van der Waals surface area (Å²) in [6.45, 7) is 17.2. The van der Waals surface area contributed by atoms with Crippen LogP contribution in [0.1, 0.15) is 85.0 Å². The monoisotopic (exact) mass is 669 g/mol. The van der Waals surface area contributed by atoms with Crippen LogP contribution in [0.2, 0.25) is 0 Å². The second-order valence-electron chi connectivity index (χ2n) is 11.5. The molecule has 0 radical (unpaired) electrons. The van der Waals surface area contributed by atoms with Crippen LogP contribution in [0.25, 0.3) is 0 Å². The lowest BCUT2D eigenvalue weighted by molar-refractivity contribution is -0.0290. The fourth-order valence-electron chi connectivity index (χ4n) is 4.21. The summed E-state index contributed by atoms with van der Waals surface area (Å²) in [5.41, 5.74) is 0. The number of aliphatic hydroxyl groups is 1. The van der Waals surface area contributed by atoms with Crippen molar-refractivity contribution >= 4 is 0 Å². The average Bonchev–Trinajstić information content (AvgIpc) is 3.06. The van der Waals surface area contributed by atoms with Gasteiger partial charge in [0.05, 0.1) is 132 Å². The van der Waals surface area contributed by atoms with Crippen LogP contribution in [-0.4, -0.2) is 143 Å². The normalized spacial score (nSPS) is 13.0. The van der Waals surface area contributed by atoms with Gasteiger partial charge in [0.25, 0.3) is 0 Å². The summed E-state index contributed by atoms with van der Waals surface area (Å²) in [4.78, 5) is 0. The maximum Gasteiger partial charge on any atom is 0.0771 e. The Labute approximate surface area is 281 Å². The Kier molecular flexibility index (Phi) is 40.3. The lowest BCUT2D eigenvalue weighted by Crippen LogP contribution is -2.17. The SMILES string of the molecule is CCCCCCCCCCC(C)COCCOCCOCCOCCOCCOCCOCCOCCOCCOCC(O)CC. The lowest BCUT2D eigenvalue weighted by Gasteiger charge is -2.12. The molecule has 0 bridgehead atoms. The van der Waals surface area contributed by atoms with E-state index in [0.717, 1.165) is 6.61 Å². The molecule has 0 aromatic carbocycles. The summed E-state index contributed by atoms with van der Waals surface area (Å²) in [6, 6.07) is 0. The highest BCUT2D eigenvalue weighted by atomic mass is 16.6. The first-order valence-electron chi connectivity index (χ1n) is 18.2. The summed E-state index contributed by atoms with van der Waals surface area (Å²) in [7, 11) is 0.